The van der Waals surface area contributed by atoms with Gasteiger partial charge in [0.15, 0.2) is 31.6 Å². The monoisotopic (exact) mass is 1370 g/mol. The van der Waals surface area contributed by atoms with Crippen molar-refractivity contribution in [2.45, 2.75) is 18.5 Å². The van der Waals surface area contributed by atoms with Gasteiger partial charge >= 0.3 is 67.9 Å². The maximum absolute atomic E-state index is 13.8. The van der Waals surface area contributed by atoms with Gasteiger partial charge in [-0.25, -0.2) is 34.0 Å². The van der Waals surface area contributed by atoms with Crippen LogP contribution in [0, 0.1) is 68.6 Å². The molecule has 0 bridgehead atoms. The van der Waals surface area contributed by atoms with Crippen molar-refractivity contribution in [3.63, 3.8) is 0 Å². The zero-order chi connectivity index (χ0) is 60.0. The van der Waals surface area contributed by atoms with Gasteiger partial charge in [-0.05, 0) is 16.1 Å². The third-order valence-electron chi connectivity index (χ3n) is 10.6. The molecule has 0 saturated heterocycles. The molecule has 23 heteroatoms. The second kappa shape index (κ2) is 32.5. The Morgan fingerprint density at radius 1 is 0.289 bits per heavy atom. The molecule has 3 heterocycles. The van der Waals surface area contributed by atoms with Crippen molar-refractivity contribution in [2.24, 2.45) is 0 Å². The molecule has 428 valence electrons. The molecular formula is C60H42EuF9O8P2S3. The molecule has 0 aliphatic carbocycles. The Morgan fingerprint density at radius 3 is 0.590 bits per heavy atom. The topological polar surface area (TPSA) is 137 Å². The van der Waals surface area contributed by atoms with Crippen LogP contribution >= 0.6 is 48.3 Å². The Bertz CT molecular complexity index is 3050. The van der Waals surface area contributed by atoms with E-state index in [9.17, 15) is 77.4 Å². The van der Waals surface area contributed by atoms with Crippen LogP contribution in [0.4, 0.5) is 39.5 Å². The SMILES string of the molecule is O=C([CH-]C(=O)C(F)(F)F)c1cccs1.O=C([CH-]C(=O)C(F)(F)F)c1cccs1.O=C([CH-]C(=O)C(F)(F)F)c1cccs1.O=P(c1ccccc1)(c1ccccc1)c1ccccc1.O=P(c1ccccc1)(c1ccccc1)c1ccccc1.[Eu+3]. The van der Waals surface area contributed by atoms with Crippen LogP contribution in [0.5, 0.6) is 0 Å². The quantitative estimate of drug-likeness (QED) is 0.0325. The number of Topliss-reactive ketones (excluding diaryl/α,β-unsaturated/α-hetero) is 6. The van der Waals surface area contributed by atoms with Crippen LogP contribution in [0.25, 0.3) is 0 Å². The molecule has 0 spiro atoms. The molecule has 8 nitrogen and oxygen atoms in total. The van der Waals surface area contributed by atoms with Gasteiger partial charge < -0.3 is 37.9 Å². The normalized spacial score (nSPS) is 11.0. The summed E-state index contributed by atoms with van der Waals surface area (Å²) in [6, 6.07) is 66.9. The molecule has 0 unspecified atom stereocenters. The summed E-state index contributed by atoms with van der Waals surface area (Å²) in [6.45, 7) is 0. The Hall–Kier alpha value is -6.54. The Morgan fingerprint density at radius 2 is 0.458 bits per heavy atom. The van der Waals surface area contributed by atoms with Crippen molar-refractivity contribution < 1.29 is 127 Å². The molecule has 0 radical (unpaired) electrons. The van der Waals surface area contributed by atoms with Crippen LogP contribution in [0.3, 0.4) is 0 Å². The predicted octanol–water partition coefficient (Wildman–Crippen LogP) is 13.5. The first-order valence-electron chi connectivity index (χ1n) is 23.5. The standard InChI is InChI=1S/2C18H15OP.3C8H4F3O2S.Eu/c2*19-20(16-10-4-1-5-11-16,17-12-6-2-7-13-17)18-14-8-3-9-15-18;3*9-8(10,11)7(13)4-5(12)6-2-1-3-14-6;/h2*1-15H;3*1-4H;/q;;3*-1;+3. The van der Waals surface area contributed by atoms with Crippen molar-refractivity contribution in [3.8, 4) is 0 Å². The summed E-state index contributed by atoms with van der Waals surface area (Å²) >= 11 is 2.95. The average molecular weight is 1370 g/mol. The molecule has 3 aromatic heterocycles. The summed E-state index contributed by atoms with van der Waals surface area (Å²) < 4.78 is 133. The van der Waals surface area contributed by atoms with Crippen LogP contribution in [0.2, 0.25) is 0 Å². The van der Waals surface area contributed by atoms with E-state index in [2.05, 4.69) is 0 Å². The first-order chi connectivity index (χ1) is 38.9. The van der Waals surface area contributed by atoms with Gasteiger partial charge in [0.2, 0.25) is 0 Å². The van der Waals surface area contributed by atoms with E-state index < -0.39 is 67.5 Å². The summed E-state index contributed by atoms with van der Waals surface area (Å²) in [5.74, 6) is -9.13. The van der Waals surface area contributed by atoms with E-state index in [1.165, 1.54) is 36.4 Å². The third kappa shape index (κ3) is 20.6. The summed E-state index contributed by atoms with van der Waals surface area (Å²) in [7, 11) is -5.55. The molecule has 9 aromatic rings. The number of ketones is 6. The minimum Gasteiger partial charge on any atom is -0.330 e. The number of hydrogen-bond acceptors (Lipinski definition) is 11. The smallest absolute Gasteiger partial charge is 0.330 e. The molecule has 0 N–H and O–H groups in total. The zero-order valence-corrected chi connectivity index (χ0v) is 49.1. The number of halogens is 9. The molecule has 83 heavy (non-hydrogen) atoms. The van der Waals surface area contributed by atoms with Gasteiger partial charge in [-0.3, -0.25) is 0 Å². The number of carbonyl (C=O) groups is 6. The van der Waals surface area contributed by atoms with E-state index >= 15 is 0 Å². The van der Waals surface area contributed by atoms with Gasteiger partial charge in [0.1, 0.15) is 0 Å². The minimum absolute atomic E-state index is 0. The predicted molar refractivity (Wildman–Crippen MR) is 304 cm³/mol. The molecule has 0 aliphatic rings. The summed E-state index contributed by atoms with van der Waals surface area (Å²) in [5, 5.41) is 9.86. The second-order valence-electron chi connectivity index (χ2n) is 16.3. The molecule has 0 fully saturated rings. The molecule has 0 atom stereocenters. The third-order valence-corrected chi connectivity index (χ3v) is 19.4. The first-order valence-corrected chi connectivity index (χ1v) is 29.6. The molecular weight excluding hydrogens is 1330 g/mol. The summed E-state index contributed by atoms with van der Waals surface area (Å²) in [5.41, 5.74) is 0. The fourth-order valence-electron chi connectivity index (χ4n) is 6.79. The number of carbonyl (C=O) groups excluding carboxylic acids is 6. The Kier molecular flexibility index (Phi) is 27.0. The van der Waals surface area contributed by atoms with E-state index in [-0.39, 0.29) is 83.3 Å². The van der Waals surface area contributed by atoms with E-state index in [1.54, 1.807) is 16.1 Å². The van der Waals surface area contributed by atoms with Gasteiger partial charge in [-0.1, -0.05) is 215 Å². The van der Waals surface area contributed by atoms with Crippen LogP contribution in [-0.2, 0) is 23.5 Å². The zero-order valence-electron chi connectivity index (χ0n) is 42.4. The molecule has 0 saturated carbocycles. The number of alkyl halides is 9. The Labute approximate surface area is 523 Å². The van der Waals surface area contributed by atoms with E-state index in [0.29, 0.717) is 0 Å². The van der Waals surface area contributed by atoms with Crippen molar-refractivity contribution in [1.82, 2.24) is 0 Å². The van der Waals surface area contributed by atoms with Gasteiger partial charge in [-0.2, -0.15) is 39.5 Å². The van der Waals surface area contributed by atoms with Crippen molar-refractivity contribution >= 4 is 115 Å². The van der Waals surface area contributed by atoms with E-state index in [1.807, 2.05) is 182 Å². The van der Waals surface area contributed by atoms with Crippen molar-refractivity contribution in [2.75, 3.05) is 0 Å². The molecule has 0 amide bonds. The minimum atomic E-state index is -4.98. The first kappa shape index (κ1) is 69.0. The van der Waals surface area contributed by atoms with Crippen LogP contribution < -0.4 is 31.8 Å². The van der Waals surface area contributed by atoms with Crippen molar-refractivity contribution in [3.05, 3.63) is 268 Å². The average Bonchev–Trinajstić information content (AvgIpc) is 4.47. The van der Waals surface area contributed by atoms with Gasteiger partial charge in [0.05, 0.1) is 0 Å². The number of thiophene rings is 3. The second-order valence-corrected chi connectivity index (χ2v) is 24.7. The fraction of sp³-hybridized carbons (Fsp3) is 0.0500. The van der Waals surface area contributed by atoms with Gasteiger partial charge in [-0.15, -0.1) is 37.5 Å². The van der Waals surface area contributed by atoms with Crippen LogP contribution in [0.15, 0.2) is 235 Å². The van der Waals surface area contributed by atoms with Gasteiger partial charge in [0.25, 0.3) is 0 Å². The van der Waals surface area contributed by atoms with Gasteiger partial charge in [0, 0.05) is 49.2 Å². The van der Waals surface area contributed by atoms with E-state index in [0.717, 1.165) is 65.8 Å². The fourth-order valence-corrected chi connectivity index (χ4v) is 14.0. The van der Waals surface area contributed by atoms with Crippen LogP contribution in [0.1, 0.15) is 29.0 Å². The number of benzene rings is 6. The maximum Gasteiger partial charge on any atom is 3.00 e. The largest absolute Gasteiger partial charge is 3.00 e. The number of rotatable bonds is 15. The Balaban J connectivity index is 0.000000225. The molecule has 0 aliphatic heterocycles. The summed E-state index contributed by atoms with van der Waals surface area (Å²) in [6.07, 6.45) is -14.8. The van der Waals surface area contributed by atoms with E-state index in [4.69, 9.17) is 0 Å². The molecule has 6 aromatic carbocycles. The molecule has 9 rings (SSSR count). The summed E-state index contributed by atoms with van der Waals surface area (Å²) in [4.78, 5) is 64.5. The number of hydrogen-bond donors (Lipinski definition) is 0. The maximum atomic E-state index is 13.8. The van der Waals surface area contributed by atoms with Crippen LogP contribution in [-0.4, -0.2) is 53.2 Å². The van der Waals surface area contributed by atoms with Crippen molar-refractivity contribution in [1.29, 1.82) is 0 Å².